The number of rotatable bonds is 5. The molecule has 2 nitrogen and oxygen atoms in total. The highest BCUT2D eigenvalue weighted by Gasteiger charge is 2.32. The predicted molar refractivity (Wildman–Crippen MR) is 94.1 cm³/mol. The van der Waals surface area contributed by atoms with Crippen LogP contribution in [-0.4, -0.2) is 48.6 Å². The van der Waals surface area contributed by atoms with Crippen LogP contribution in [0.3, 0.4) is 0 Å². The zero-order chi connectivity index (χ0) is 14.3. The summed E-state index contributed by atoms with van der Waals surface area (Å²) in [7, 11) is 0. The normalized spacial score (nSPS) is 33.1. The van der Waals surface area contributed by atoms with Crippen LogP contribution in [0.25, 0.3) is 0 Å². The molecule has 2 atom stereocenters. The van der Waals surface area contributed by atoms with Crippen molar-refractivity contribution >= 4 is 11.8 Å². The van der Waals surface area contributed by atoms with Gasteiger partial charge in [0.15, 0.2) is 0 Å². The maximum atomic E-state index is 3.97. The van der Waals surface area contributed by atoms with E-state index in [0.717, 1.165) is 17.9 Å². The molecule has 1 saturated heterocycles. The molecule has 3 aliphatic rings. The molecular weight excluding hydrogens is 276 g/mol. The lowest BCUT2D eigenvalue weighted by molar-refractivity contribution is 0.147. The third kappa shape index (κ3) is 4.87. The summed E-state index contributed by atoms with van der Waals surface area (Å²) in [6, 6.07) is 0.834. The van der Waals surface area contributed by atoms with Crippen LogP contribution in [0, 0.1) is 11.8 Å². The first kappa shape index (κ1) is 16.1. The van der Waals surface area contributed by atoms with Gasteiger partial charge in [-0.1, -0.05) is 44.9 Å². The molecule has 2 aliphatic carbocycles. The molecule has 0 amide bonds. The number of hydrogen-bond donors (Lipinski definition) is 1. The Kier molecular flexibility index (Phi) is 6.75. The van der Waals surface area contributed by atoms with Crippen molar-refractivity contribution in [2.75, 3.05) is 37.7 Å². The van der Waals surface area contributed by atoms with Crippen molar-refractivity contribution in [3.63, 3.8) is 0 Å². The fourth-order valence-electron chi connectivity index (χ4n) is 4.77. The van der Waals surface area contributed by atoms with Crippen molar-refractivity contribution in [2.24, 2.45) is 11.8 Å². The predicted octanol–water partition coefficient (Wildman–Crippen LogP) is 3.76. The van der Waals surface area contributed by atoms with Crippen molar-refractivity contribution < 1.29 is 0 Å². The molecule has 0 spiro atoms. The summed E-state index contributed by atoms with van der Waals surface area (Å²) in [5.74, 6) is 4.72. The fraction of sp³-hybridized carbons (Fsp3) is 1.00. The molecule has 0 aromatic rings. The smallest absolute Gasteiger partial charge is 0.0108 e. The van der Waals surface area contributed by atoms with Crippen LogP contribution in [0.5, 0.6) is 0 Å². The second-order valence-corrected chi connectivity index (χ2v) is 8.59. The Morgan fingerprint density at radius 3 is 2.38 bits per heavy atom. The molecule has 122 valence electrons. The van der Waals surface area contributed by atoms with E-state index in [2.05, 4.69) is 22.0 Å². The largest absolute Gasteiger partial charge is 0.312 e. The van der Waals surface area contributed by atoms with Crippen LogP contribution in [0.2, 0.25) is 0 Å². The van der Waals surface area contributed by atoms with Crippen molar-refractivity contribution in [1.82, 2.24) is 10.2 Å². The Morgan fingerprint density at radius 1 is 0.857 bits per heavy atom. The van der Waals surface area contributed by atoms with Gasteiger partial charge in [0.1, 0.15) is 0 Å². The molecule has 0 aromatic carbocycles. The minimum atomic E-state index is 0.834. The average molecular weight is 311 g/mol. The molecule has 1 heterocycles. The maximum Gasteiger partial charge on any atom is 0.0108 e. The Hall–Kier alpha value is 0.270. The number of nitrogens with zero attached hydrogens (tertiary/aromatic N) is 1. The van der Waals surface area contributed by atoms with E-state index in [4.69, 9.17) is 0 Å². The Labute approximate surface area is 135 Å². The molecule has 21 heavy (non-hydrogen) atoms. The first-order valence-corrected chi connectivity index (χ1v) is 10.6. The van der Waals surface area contributed by atoms with Crippen LogP contribution in [0.1, 0.15) is 57.8 Å². The quantitative estimate of drug-likeness (QED) is 0.832. The summed E-state index contributed by atoms with van der Waals surface area (Å²) in [5.41, 5.74) is 0. The van der Waals surface area contributed by atoms with E-state index < -0.39 is 0 Å². The van der Waals surface area contributed by atoms with Gasteiger partial charge in [-0.3, -0.25) is 0 Å². The van der Waals surface area contributed by atoms with Crippen molar-refractivity contribution in [3.8, 4) is 0 Å². The maximum absolute atomic E-state index is 3.97. The van der Waals surface area contributed by atoms with Gasteiger partial charge in [-0.2, -0.15) is 11.8 Å². The average Bonchev–Trinajstić information content (AvgIpc) is 2.57. The molecule has 3 rings (SSSR count). The zero-order valence-corrected chi connectivity index (χ0v) is 14.5. The summed E-state index contributed by atoms with van der Waals surface area (Å²) in [5, 5.41) is 3.97. The molecule has 3 heteroatoms. The lowest BCUT2D eigenvalue weighted by Gasteiger charge is -2.40. The van der Waals surface area contributed by atoms with E-state index >= 15 is 0 Å². The van der Waals surface area contributed by atoms with Gasteiger partial charge in [-0.25, -0.2) is 0 Å². The summed E-state index contributed by atoms with van der Waals surface area (Å²) in [6.45, 7) is 5.11. The monoisotopic (exact) mass is 310 g/mol. The second kappa shape index (κ2) is 8.79. The van der Waals surface area contributed by atoms with Crippen LogP contribution >= 0.6 is 11.8 Å². The Bertz CT molecular complexity index is 285. The van der Waals surface area contributed by atoms with Gasteiger partial charge in [0.25, 0.3) is 0 Å². The molecule has 1 aliphatic heterocycles. The summed E-state index contributed by atoms with van der Waals surface area (Å²) in [4.78, 5) is 2.65. The molecule has 2 unspecified atom stereocenters. The zero-order valence-electron chi connectivity index (χ0n) is 13.7. The summed E-state index contributed by atoms with van der Waals surface area (Å²) < 4.78 is 0. The summed E-state index contributed by atoms with van der Waals surface area (Å²) >= 11 is 2.12. The molecule has 0 bridgehead atoms. The van der Waals surface area contributed by atoms with E-state index in [1.54, 1.807) is 0 Å². The second-order valence-electron chi connectivity index (χ2n) is 7.36. The SMILES string of the molecule is C1CCC(C2CCCCC2NCCN2CCSCC2)CC1. The van der Waals surface area contributed by atoms with Crippen LogP contribution in [0.4, 0.5) is 0 Å². The fourth-order valence-corrected chi connectivity index (χ4v) is 5.75. The van der Waals surface area contributed by atoms with Gasteiger partial charge in [0, 0.05) is 43.7 Å². The van der Waals surface area contributed by atoms with E-state index in [0.29, 0.717) is 0 Å². The molecular formula is C18H34N2S. The Balaban J connectivity index is 1.42. The highest BCUT2D eigenvalue weighted by Crippen LogP contribution is 2.38. The third-order valence-corrected chi connectivity index (χ3v) is 6.96. The van der Waals surface area contributed by atoms with Crippen LogP contribution in [0.15, 0.2) is 0 Å². The number of thioether (sulfide) groups is 1. The molecule has 3 fully saturated rings. The van der Waals surface area contributed by atoms with E-state index in [-0.39, 0.29) is 0 Å². The molecule has 2 saturated carbocycles. The lowest BCUT2D eigenvalue weighted by Crippen LogP contribution is -2.46. The van der Waals surface area contributed by atoms with Crippen molar-refractivity contribution in [2.45, 2.75) is 63.8 Å². The van der Waals surface area contributed by atoms with Crippen LogP contribution in [-0.2, 0) is 0 Å². The Morgan fingerprint density at radius 2 is 1.57 bits per heavy atom. The third-order valence-electron chi connectivity index (χ3n) is 6.01. The van der Waals surface area contributed by atoms with Gasteiger partial charge >= 0.3 is 0 Å². The highest BCUT2D eigenvalue weighted by atomic mass is 32.2. The van der Waals surface area contributed by atoms with E-state index in [1.807, 2.05) is 0 Å². The molecule has 1 N–H and O–H groups in total. The standard InChI is InChI=1S/C18H34N2S/c1-2-6-16(7-3-1)17-8-4-5-9-18(17)19-10-11-20-12-14-21-15-13-20/h16-19H,1-15H2. The number of hydrogen-bond acceptors (Lipinski definition) is 3. The number of nitrogens with one attached hydrogen (secondary N) is 1. The van der Waals surface area contributed by atoms with Crippen molar-refractivity contribution in [3.05, 3.63) is 0 Å². The van der Waals surface area contributed by atoms with Gasteiger partial charge in [0.2, 0.25) is 0 Å². The minimum absolute atomic E-state index is 0.834. The molecule has 0 aromatic heterocycles. The minimum Gasteiger partial charge on any atom is -0.312 e. The van der Waals surface area contributed by atoms with Gasteiger partial charge < -0.3 is 10.2 Å². The first-order valence-electron chi connectivity index (χ1n) is 9.47. The first-order chi connectivity index (χ1) is 10.4. The summed E-state index contributed by atoms with van der Waals surface area (Å²) in [6.07, 6.45) is 13.4. The van der Waals surface area contributed by atoms with Gasteiger partial charge in [-0.05, 0) is 24.7 Å². The van der Waals surface area contributed by atoms with Crippen molar-refractivity contribution in [1.29, 1.82) is 0 Å². The van der Waals surface area contributed by atoms with E-state index in [1.165, 1.54) is 95.5 Å². The molecule has 0 radical (unpaired) electrons. The van der Waals surface area contributed by atoms with E-state index in [9.17, 15) is 0 Å². The highest BCUT2D eigenvalue weighted by molar-refractivity contribution is 7.99. The van der Waals surface area contributed by atoms with Gasteiger partial charge in [-0.15, -0.1) is 0 Å². The van der Waals surface area contributed by atoms with Crippen LogP contribution < -0.4 is 5.32 Å². The van der Waals surface area contributed by atoms with Gasteiger partial charge in [0.05, 0.1) is 0 Å². The topological polar surface area (TPSA) is 15.3 Å². The lowest BCUT2D eigenvalue weighted by atomic mass is 9.71.